The quantitative estimate of drug-likeness (QED) is 0.524. The lowest BCUT2D eigenvalue weighted by Gasteiger charge is -2.18. The molecular formula is C10H13N3O4S2. The summed E-state index contributed by atoms with van der Waals surface area (Å²) in [5.74, 6) is -0.513. The van der Waals surface area contributed by atoms with Crippen molar-refractivity contribution in [3.8, 4) is 0 Å². The Morgan fingerprint density at radius 1 is 1.63 bits per heavy atom. The molecule has 104 valence electrons. The summed E-state index contributed by atoms with van der Waals surface area (Å²) in [6.45, 7) is 0.0682. The Kier molecular flexibility index (Phi) is 4.17. The van der Waals surface area contributed by atoms with Crippen LogP contribution in [0, 0.1) is 0 Å². The highest BCUT2D eigenvalue weighted by Gasteiger charge is 2.11. The molecular weight excluding hydrogens is 290 g/mol. The smallest absolute Gasteiger partial charge is 0.326 e. The summed E-state index contributed by atoms with van der Waals surface area (Å²) in [5.41, 5.74) is 0. The van der Waals surface area contributed by atoms with E-state index in [4.69, 9.17) is 4.74 Å². The molecule has 1 aromatic rings. The topological polar surface area (TPSA) is 88.1 Å². The zero-order valence-corrected chi connectivity index (χ0v) is 11.8. The predicted octanol–water partition coefficient (Wildman–Crippen LogP) is -1.57. The molecule has 0 unspecified atom stereocenters. The van der Waals surface area contributed by atoms with Gasteiger partial charge in [-0.25, -0.2) is 8.42 Å². The number of carbonyl (C=O) groups excluding carboxylic acids is 1. The number of carbonyl (C=O) groups is 1. The Hall–Kier alpha value is -1.45. The van der Waals surface area contributed by atoms with Crippen molar-refractivity contribution in [3.05, 3.63) is 21.3 Å². The SMILES string of the molecule is CS(=O)(=O)NCOC(=O)CN1C=c2ccsc2=NC1. The van der Waals surface area contributed by atoms with Crippen LogP contribution in [-0.2, 0) is 19.6 Å². The average Bonchev–Trinajstić information content (AvgIpc) is 2.74. The van der Waals surface area contributed by atoms with E-state index in [0.717, 1.165) is 16.1 Å². The predicted molar refractivity (Wildman–Crippen MR) is 70.1 cm³/mol. The molecule has 0 radical (unpaired) electrons. The number of nitrogens with one attached hydrogen (secondary N) is 1. The van der Waals surface area contributed by atoms with Gasteiger partial charge in [0.15, 0.2) is 6.73 Å². The molecule has 2 heterocycles. The third kappa shape index (κ3) is 4.30. The Balaban J connectivity index is 1.84. The average molecular weight is 303 g/mol. The molecule has 0 aromatic carbocycles. The highest BCUT2D eigenvalue weighted by atomic mass is 32.2. The van der Waals surface area contributed by atoms with Crippen LogP contribution < -0.4 is 14.6 Å². The maximum Gasteiger partial charge on any atom is 0.326 e. The van der Waals surface area contributed by atoms with Crippen LogP contribution in [-0.4, -0.2) is 45.5 Å². The molecule has 9 heteroatoms. The van der Waals surface area contributed by atoms with Gasteiger partial charge in [0, 0.05) is 11.4 Å². The number of sulfonamides is 1. The van der Waals surface area contributed by atoms with Crippen LogP contribution in [0.3, 0.4) is 0 Å². The first kappa shape index (κ1) is 14.0. The van der Waals surface area contributed by atoms with E-state index in [-0.39, 0.29) is 13.3 Å². The third-order valence-corrected chi connectivity index (χ3v) is 3.78. The maximum absolute atomic E-state index is 11.5. The van der Waals surface area contributed by atoms with E-state index in [1.54, 1.807) is 16.2 Å². The Bertz CT molecular complexity index is 680. The van der Waals surface area contributed by atoms with Crippen LogP contribution in [0.4, 0.5) is 0 Å². The number of thiophene rings is 1. The molecule has 1 aromatic heterocycles. The lowest BCUT2D eigenvalue weighted by Crippen LogP contribution is -2.37. The molecule has 1 aliphatic rings. The molecule has 0 fully saturated rings. The molecule has 19 heavy (non-hydrogen) atoms. The van der Waals surface area contributed by atoms with Gasteiger partial charge in [-0.3, -0.25) is 9.79 Å². The highest BCUT2D eigenvalue weighted by molar-refractivity contribution is 7.88. The summed E-state index contributed by atoms with van der Waals surface area (Å²) in [6, 6.07) is 1.92. The minimum Gasteiger partial charge on any atom is -0.447 e. The fraction of sp³-hybridized carbons (Fsp3) is 0.400. The van der Waals surface area contributed by atoms with Crippen LogP contribution >= 0.6 is 11.3 Å². The zero-order valence-electron chi connectivity index (χ0n) is 10.2. The van der Waals surface area contributed by atoms with E-state index < -0.39 is 16.0 Å². The Morgan fingerprint density at radius 2 is 2.42 bits per heavy atom. The van der Waals surface area contributed by atoms with E-state index in [2.05, 4.69) is 9.71 Å². The van der Waals surface area contributed by atoms with E-state index in [0.29, 0.717) is 6.67 Å². The van der Waals surface area contributed by atoms with Crippen LogP contribution in [0.5, 0.6) is 0 Å². The van der Waals surface area contributed by atoms with Crippen LogP contribution in [0.15, 0.2) is 16.4 Å². The first-order chi connectivity index (χ1) is 8.94. The second-order valence-electron chi connectivity index (χ2n) is 3.93. The van der Waals surface area contributed by atoms with Gasteiger partial charge < -0.3 is 9.64 Å². The van der Waals surface area contributed by atoms with Gasteiger partial charge in [-0.05, 0) is 11.4 Å². The Morgan fingerprint density at radius 3 is 3.16 bits per heavy atom. The number of esters is 1. The number of rotatable bonds is 5. The summed E-state index contributed by atoms with van der Waals surface area (Å²) in [5, 5.41) is 2.90. The fourth-order valence-electron chi connectivity index (χ4n) is 1.45. The van der Waals surface area contributed by atoms with Crippen molar-refractivity contribution in [2.24, 2.45) is 4.99 Å². The van der Waals surface area contributed by atoms with Gasteiger partial charge in [-0.15, -0.1) is 11.3 Å². The monoisotopic (exact) mass is 303 g/mol. The molecule has 0 spiro atoms. The number of fused-ring (bicyclic) bond motifs is 1. The van der Waals surface area contributed by atoms with Gasteiger partial charge in [-0.1, -0.05) is 0 Å². The fourth-order valence-corrected chi connectivity index (χ4v) is 2.46. The molecule has 0 amide bonds. The van der Waals surface area contributed by atoms with Crippen molar-refractivity contribution in [1.29, 1.82) is 0 Å². The van der Waals surface area contributed by atoms with Crippen LogP contribution in [0.2, 0.25) is 0 Å². The maximum atomic E-state index is 11.5. The van der Waals surface area contributed by atoms with Gasteiger partial charge in [0.05, 0.1) is 6.26 Å². The van der Waals surface area contributed by atoms with Gasteiger partial charge in [0.2, 0.25) is 10.0 Å². The van der Waals surface area contributed by atoms with Crippen molar-refractivity contribution in [2.45, 2.75) is 0 Å². The van der Waals surface area contributed by atoms with Gasteiger partial charge >= 0.3 is 5.97 Å². The van der Waals surface area contributed by atoms with Gasteiger partial charge in [0.25, 0.3) is 0 Å². The standard InChI is InChI=1S/C10H13N3O4S2/c1-19(15,16)12-7-17-9(14)5-13-4-8-2-3-18-10(8)11-6-13/h2-4,12H,5-7H2,1H3. The van der Waals surface area contributed by atoms with Crippen molar-refractivity contribution in [2.75, 3.05) is 26.2 Å². The minimum atomic E-state index is -3.35. The van der Waals surface area contributed by atoms with E-state index in [1.807, 2.05) is 17.6 Å². The minimum absolute atomic E-state index is 0.0320. The number of hydrogen-bond donors (Lipinski definition) is 1. The summed E-state index contributed by atoms with van der Waals surface area (Å²) >= 11 is 1.55. The second-order valence-corrected chi connectivity index (χ2v) is 6.66. The van der Waals surface area contributed by atoms with Crippen LogP contribution in [0.25, 0.3) is 6.20 Å². The molecule has 7 nitrogen and oxygen atoms in total. The first-order valence-corrected chi connectivity index (χ1v) is 8.15. The number of hydrogen-bond acceptors (Lipinski definition) is 7. The largest absolute Gasteiger partial charge is 0.447 e. The van der Waals surface area contributed by atoms with E-state index in [9.17, 15) is 13.2 Å². The molecule has 0 atom stereocenters. The molecule has 1 aliphatic heterocycles. The molecule has 2 rings (SSSR count). The van der Waals surface area contributed by atoms with Crippen molar-refractivity contribution < 1.29 is 17.9 Å². The zero-order chi connectivity index (χ0) is 13.9. The molecule has 0 aliphatic carbocycles. The highest BCUT2D eigenvalue weighted by Crippen LogP contribution is 1.96. The number of nitrogens with zero attached hydrogens (tertiary/aromatic N) is 2. The van der Waals surface area contributed by atoms with Crippen molar-refractivity contribution in [3.63, 3.8) is 0 Å². The summed E-state index contributed by atoms with van der Waals surface area (Å²) < 4.78 is 29.3. The molecule has 0 saturated carbocycles. The molecule has 0 bridgehead atoms. The second kappa shape index (κ2) is 5.68. The van der Waals surface area contributed by atoms with Crippen LogP contribution in [0.1, 0.15) is 0 Å². The first-order valence-electron chi connectivity index (χ1n) is 5.38. The Labute approximate surface area is 114 Å². The molecule has 0 saturated heterocycles. The molecule has 1 N–H and O–H groups in total. The summed E-state index contributed by atoms with van der Waals surface area (Å²) in [6.07, 6.45) is 2.83. The third-order valence-electron chi connectivity index (χ3n) is 2.28. The summed E-state index contributed by atoms with van der Waals surface area (Å²) in [4.78, 5) is 17.5. The lowest BCUT2D eigenvalue weighted by atomic mass is 10.4. The normalized spacial score (nSPS) is 14.3. The summed E-state index contributed by atoms with van der Waals surface area (Å²) in [7, 11) is -3.35. The van der Waals surface area contributed by atoms with Gasteiger partial charge in [-0.2, -0.15) is 4.72 Å². The number of ether oxygens (including phenoxy) is 1. The lowest BCUT2D eigenvalue weighted by molar-refractivity contribution is -0.144. The van der Waals surface area contributed by atoms with Gasteiger partial charge in [0.1, 0.15) is 17.9 Å². The van der Waals surface area contributed by atoms with Crippen molar-refractivity contribution in [1.82, 2.24) is 9.62 Å². The van der Waals surface area contributed by atoms with Crippen molar-refractivity contribution >= 4 is 33.5 Å². The van der Waals surface area contributed by atoms with E-state index >= 15 is 0 Å². The van der Waals surface area contributed by atoms with E-state index in [1.165, 1.54) is 0 Å².